The van der Waals surface area contributed by atoms with Crippen LogP contribution in [0.15, 0.2) is 0 Å². The molecule has 0 nitrogen and oxygen atoms in total. The molecule has 2 rings (SSSR count). The quantitative estimate of drug-likeness (QED) is 0.280. The van der Waals surface area contributed by atoms with Crippen LogP contribution in [0.5, 0.6) is 0 Å². The third kappa shape index (κ3) is 1.98. The Labute approximate surface area is 168 Å². The Morgan fingerprint density at radius 3 is 0.706 bits per heavy atom. The predicted octanol–water partition coefficient (Wildman–Crippen LogP) is 6.99. The summed E-state index contributed by atoms with van der Waals surface area (Å²) in [7, 11) is 0. The van der Waals surface area contributed by atoms with E-state index in [2.05, 4.69) is 0 Å². The Morgan fingerprint density at radius 2 is 0.471 bits per heavy atom. The molecule has 0 aromatic rings. The zero-order valence-corrected chi connectivity index (χ0v) is 14.3. The van der Waals surface area contributed by atoms with Crippen LogP contribution < -0.4 is 0 Å². The number of hydrogen-bond acceptors (Lipinski definition) is 0. The van der Waals surface area contributed by atoms with E-state index in [1.165, 1.54) is 0 Å². The lowest BCUT2D eigenvalue weighted by molar-refractivity contribution is -0.592. The van der Waals surface area contributed by atoms with Gasteiger partial charge in [0.05, 0.1) is 0 Å². The predicted molar refractivity (Wildman–Crippen MR) is 56.8 cm³/mol. The van der Waals surface area contributed by atoms with Gasteiger partial charge in [-0.05, 0) is 0 Å². The van der Waals surface area contributed by atoms with Crippen LogP contribution in [0.3, 0.4) is 0 Å². The van der Waals surface area contributed by atoms with E-state index < -0.39 is 70.6 Å². The molecule has 0 aromatic heterocycles. The van der Waals surface area contributed by atoms with Gasteiger partial charge in [0.1, 0.15) is 0 Å². The van der Waals surface area contributed by atoms with Crippen molar-refractivity contribution >= 4 is 0 Å². The number of hydrogen-bond donors (Lipinski definition) is 0. The molecule has 2 fully saturated rings. The van der Waals surface area contributed by atoms with Gasteiger partial charge in [0, 0.05) is 0 Å². The first kappa shape index (κ1) is 28.7. The Balaban J connectivity index is 3.55. The highest BCUT2D eigenvalue weighted by atomic mass is 19.4. The van der Waals surface area contributed by atoms with E-state index in [1.54, 1.807) is 0 Å². The highest BCUT2D eigenvalue weighted by Crippen LogP contribution is 2.86. The Bertz CT molecular complexity index is 847. The summed E-state index contributed by atoms with van der Waals surface area (Å²) in [6.45, 7) is 0. The van der Waals surface area contributed by atoms with Gasteiger partial charge in [-0.1, -0.05) is 0 Å². The van der Waals surface area contributed by atoms with Crippen LogP contribution in [0.25, 0.3) is 0 Å². The third-order valence-electron chi connectivity index (χ3n) is 5.58. The molecule has 0 radical (unpaired) electrons. The summed E-state index contributed by atoms with van der Waals surface area (Å²) < 4.78 is 301. The van der Waals surface area contributed by atoms with Crippen molar-refractivity contribution in [1.82, 2.24) is 0 Å². The van der Waals surface area contributed by atoms with E-state index >= 15 is 4.39 Å². The molecule has 202 valence electrons. The van der Waals surface area contributed by atoms with Crippen LogP contribution in [0.2, 0.25) is 0 Å². The maximum Gasteiger partial charge on any atom is 0.412 e. The summed E-state index contributed by atoms with van der Waals surface area (Å²) in [6, 6.07) is 0. The van der Waals surface area contributed by atoms with Gasteiger partial charge in [0.2, 0.25) is 0 Å². The normalized spacial score (nSPS) is 38.6. The molecule has 2 saturated carbocycles. The SMILES string of the molecule is FC(F)(F)C1(C(F)(F)F)C(F)(F)C(F)(F)C(F)(F)C2(F)C(F)(F)C(F)(F)C(F)(F)C(F)(F)C21F. The molecule has 0 amide bonds. The van der Waals surface area contributed by atoms with Gasteiger partial charge in [-0.15, -0.1) is 0 Å². The standard InChI is InChI=1S/C12F22/c13-2-1(11(29,30)31,12(32,33)34)4(15,16)8(23,24)6(19,20)3(2,14)7(21,22)10(27,28)9(25,26)5(2,17)18. The van der Waals surface area contributed by atoms with Crippen LogP contribution in [-0.4, -0.2) is 65.1 Å². The highest BCUT2D eigenvalue weighted by molar-refractivity contribution is 5.45. The van der Waals surface area contributed by atoms with E-state index in [0.29, 0.717) is 0 Å². The summed E-state index contributed by atoms with van der Waals surface area (Å²) in [5, 5.41) is 0. The van der Waals surface area contributed by atoms with Crippen molar-refractivity contribution in [2.24, 2.45) is 5.41 Å². The lowest BCUT2D eigenvalue weighted by Gasteiger charge is -2.67. The van der Waals surface area contributed by atoms with Crippen LogP contribution >= 0.6 is 0 Å². The smallest absolute Gasteiger partial charge is 0.231 e. The molecule has 22 heteroatoms. The number of halogens is 22. The van der Waals surface area contributed by atoms with E-state index in [0.717, 1.165) is 0 Å². The molecule has 34 heavy (non-hydrogen) atoms. The van der Waals surface area contributed by atoms with Crippen LogP contribution in [0.4, 0.5) is 96.6 Å². The molecule has 2 aliphatic rings. The zero-order valence-electron chi connectivity index (χ0n) is 14.3. The second kappa shape index (κ2) is 5.88. The molecular formula is C12F22. The van der Waals surface area contributed by atoms with Gasteiger partial charge in [-0.3, -0.25) is 0 Å². The van der Waals surface area contributed by atoms with E-state index in [-0.39, 0.29) is 0 Å². The van der Waals surface area contributed by atoms with Crippen molar-refractivity contribution in [2.75, 3.05) is 0 Å². The maximum atomic E-state index is 15.0. The lowest BCUT2D eigenvalue weighted by atomic mass is 9.45. The molecule has 0 N–H and O–H groups in total. The van der Waals surface area contributed by atoms with Gasteiger partial charge >= 0.3 is 53.8 Å². The number of alkyl halides is 22. The Hall–Kier alpha value is -1.54. The van der Waals surface area contributed by atoms with Crippen molar-refractivity contribution in [3.05, 3.63) is 0 Å². The van der Waals surface area contributed by atoms with Crippen molar-refractivity contribution in [3.63, 3.8) is 0 Å². The monoisotopic (exact) mass is 562 g/mol. The highest BCUT2D eigenvalue weighted by Gasteiger charge is 3.18. The Morgan fingerprint density at radius 1 is 0.265 bits per heavy atom. The zero-order chi connectivity index (χ0) is 28.0. The molecule has 0 aliphatic heterocycles. The van der Waals surface area contributed by atoms with Crippen molar-refractivity contribution in [2.45, 2.75) is 65.1 Å². The summed E-state index contributed by atoms with van der Waals surface area (Å²) in [5.74, 6) is -63.1. The molecule has 0 heterocycles. The van der Waals surface area contributed by atoms with Crippen molar-refractivity contribution in [1.29, 1.82) is 0 Å². The summed E-state index contributed by atoms with van der Waals surface area (Å²) >= 11 is 0. The van der Waals surface area contributed by atoms with Crippen LogP contribution in [-0.2, 0) is 0 Å². The molecule has 2 unspecified atom stereocenters. The van der Waals surface area contributed by atoms with Crippen molar-refractivity contribution in [3.8, 4) is 0 Å². The first-order valence-corrected chi connectivity index (χ1v) is 7.41. The molecule has 0 bridgehead atoms. The first-order valence-electron chi connectivity index (χ1n) is 7.41. The van der Waals surface area contributed by atoms with Crippen LogP contribution in [0, 0.1) is 5.41 Å². The molecule has 0 saturated heterocycles. The van der Waals surface area contributed by atoms with E-state index in [9.17, 15) is 92.2 Å². The van der Waals surface area contributed by atoms with Gasteiger partial charge in [-0.25, -0.2) is 8.78 Å². The fourth-order valence-electron chi connectivity index (χ4n) is 3.94. The second-order valence-corrected chi connectivity index (χ2v) is 7.08. The van der Waals surface area contributed by atoms with E-state index in [4.69, 9.17) is 0 Å². The number of fused-ring (bicyclic) bond motifs is 1. The second-order valence-electron chi connectivity index (χ2n) is 7.08. The minimum atomic E-state index is -9.67. The van der Waals surface area contributed by atoms with Gasteiger partial charge < -0.3 is 0 Å². The first-order chi connectivity index (χ1) is 14.2. The summed E-state index contributed by atoms with van der Waals surface area (Å²) in [6.07, 6.45) is -18.2. The molecular weight excluding hydrogens is 562 g/mol. The van der Waals surface area contributed by atoms with Crippen molar-refractivity contribution < 1.29 is 96.6 Å². The van der Waals surface area contributed by atoms with Crippen LogP contribution in [0.1, 0.15) is 0 Å². The van der Waals surface area contributed by atoms with E-state index in [1.807, 2.05) is 0 Å². The maximum absolute atomic E-state index is 15.0. The molecule has 0 aromatic carbocycles. The van der Waals surface area contributed by atoms with Gasteiger partial charge in [0.25, 0.3) is 16.8 Å². The average Bonchev–Trinajstić information content (AvgIpc) is 2.55. The molecule has 2 aliphatic carbocycles. The summed E-state index contributed by atoms with van der Waals surface area (Å²) in [5.41, 5.74) is -28.7. The lowest BCUT2D eigenvalue weighted by Crippen LogP contribution is -3.00. The number of rotatable bonds is 0. The van der Waals surface area contributed by atoms with Gasteiger partial charge in [-0.2, -0.15) is 87.8 Å². The topological polar surface area (TPSA) is 0 Å². The average molecular weight is 562 g/mol. The fraction of sp³-hybridized carbons (Fsp3) is 1.00. The van der Waals surface area contributed by atoms with Gasteiger partial charge in [0.15, 0.2) is 0 Å². The summed E-state index contributed by atoms with van der Waals surface area (Å²) in [4.78, 5) is 0. The minimum Gasteiger partial charge on any atom is -0.231 e. The largest absolute Gasteiger partial charge is 0.412 e. The molecule has 0 spiro atoms. The third-order valence-corrected chi connectivity index (χ3v) is 5.58. The Kier molecular flexibility index (Phi) is 4.96. The minimum absolute atomic E-state index is 8.68. The fourth-order valence-corrected chi connectivity index (χ4v) is 3.94. The molecule has 2 atom stereocenters.